The molecule has 0 bridgehead atoms. The minimum atomic E-state index is -1.89. The lowest BCUT2D eigenvalue weighted by Crippen LogP contribution is -2.53. The number of hydrogen-bond donors (Lipinski definition) is 2. The van der Waals surface area contributed by atoms with E-state index >= 15 is 0 Å². The minimum Gasteiger partial charge on any atom is -0.378 e. The maximum atomic E-state index is 11.2. The Kier molecular flexibility index (Phi) is 3.69. The van der Waals surface area contributed by atoms with Gasteiger partial charge in [0.2, 0.25) is 0 Å². The van der Waals surface area contributed by atoms with E-state index in [1.165, 1.54) is 6.92 Å². The van der Waals surface area contributed by atoms with Gasteiger partial charge in [-0.25, -0.2) is 0 Å². The van der Waals surface area contributed by atoms with Crippen molar-refractivity contribution in [2.45, 2.75) is 44.3 Å². The molecule has 0 spiro atoms. The molecule has 0 aliphatic carbocycles. The SMILES string of the molecule is CCC(=O)[C@@](O)(CC)[C@@](C)(O)Cl. The van der Waals surface area contributed by atoms with E-state index < -0.39 is 16.4 Å². The highest BCUT2D eigenvalue weighted by Gasteiger charge is 2.48. The van der Waals surface area contributed by atoms with Crippen LogP contribution < -0.4 is 0 Å². The number of carbonyl (C=O) groups is 1. The molecule has 12 heavy (non-hydrogen) atoms. The van der Waals surface area contributed by atoms with Gasteiger partial charge in [-0.1, -0.05) is 25.4 Å². The van der Waals surface area contributed by atoms with Gasteiger partial charge in [0.05, 0.1) is 0 Å². The monoisotopic (exact) mass is 194 g/mol. The van der Waals surface area contributed by atoms with Crippen LogP contribution in [0.15, 0.2) is 0 Å². The van der Waals surface area contributed by atoms with E-state index in [1.807, 2.05) is 0 Å². The molecule has 72 valence electrons. The number of aliphatic hydroxyl groups is 2. The van der Waals surface area contributed by atoms with E-state index in [1.54, 1.807) is 13.8 Å². The second-order valence-corrected chi connectivity index (χ2v) is 3.68. The number of rotatable bonds is 4. The number of hydrogen-bond acceptors (Lipinski definition) is 3. The number of ketones is 1. The molecule has 0 amide bonds. The summed E-state index contributed by atoms with van der Waals surface area (Å²) in [6, 6.07) is 0. The number of alkyl halides is 1. The highest BCUT2D eigenvalue weighted by Crippen LogP contribution is 2.31. The standard InChI is InChI=1S/C8H15ClO3/c1-4-6(10)8(12,5-2)7(3,9)11/h11-12H,4-5H2,1-3H3/t7-,8+/m1/s1. The number of Topliss-reactive ketones (excluding diaryl/α,β-unsaturated/α-hetero) is 1. The average molecular weight is 195 g/mol. The molecule has 3 nitrogen and oxygen atoms in total. The Morgan fingerprint density at radius 3 is 1.92 bits per heavy atom. The molecule has 4 heteroatoms. The predicted octanol–water partition coefficient (Wildman–Crippen LogP) is 1.05. The van der Waals surface area contributed by atoms with E-state index in [-0.39, 0.29) is 12.8 Å². The molecule has 0 fully saturated rings. The summed E-state index contributed by atoms with van der Waals surface area (Å²) in [6.45, 7) is 4.43. The molecule has 0 heterocycles. The van der Waals surface area contributed by atoms with Crippen molar-refractivity contribution in [3.63, 3.8) is 0 Å². The van der Waals surface area contributed by atoms with E-state index in [4.69, 9.17) is 11.6 Å². The largest absolute Gasteiger partial charge is 0.378 e. The molecule has 2 N–H and O–H groups in total. The van der Waals surface area contributed by atoms with Crippen molar-refractivity contribution >= 4 is 17.4 Å². The van der Waals surface area contributed by atoms with Crippen LogP contribution in [0.1, 0.15) is 33.6 Å². The Bertz CT molecular complexity index is 174. The Labute approximate surface area is 77.3 Å². The Morgan fingerprint density at radius 1 is 1.42 bits per heavy atom. The van der Waals surface area contributed by atoms with Crippen molar-refractivity contribution in [2.24, 2.45) is 0 Å². The molecule has 0 aromatic rings. The first kappa shape index (κ1) is 11.9. The highest BCUT2D eigenvalue weighted by atomic mass is 35.5. The lowest BCUT2D eigenvalue weighted by atomic mass is 9.88. The van der Waals surface area contributed by atoms with Crippen molar-refractivity contribution in [2.75, 3.05) is 0 Å². The molecule has 0 aromatic carbocycles. The third-order valence-corrected chi connectivity index (χ3v) is 2.36. The van der Waals surface area contributed by atoms with Crippen LogP contribution in [0.3, 0.4) is 0 Å². The van der Waals surface area contributed by atoms with Gasteiger partial charge in [0.15, 0.2) is 16.4 Å². The van der Waals surface area contributed by atoms with Crippen LogP contribution in [0, 0.1) is 0 Å². The molecular formula is C8H15ClO3. The maximum Gasteiger partial charge on any atom is 0.171 e. The molecule has 0 aliphatic rings. The molecule has 0 saturated carbocycles. The molecule has 0 aromatic heterocycles. The minimum absolute atomic E-state index is 0.107. The summed E-state index contributed by atoms with van der Waals surface area (Å²) in [4.78, 5) is 11.2. The van der Waals surface area contributed by atoms with Gasteiger partial charge < -0.3 is 10.2 Å². The van der Waals surface area contributed by atoms with Crippen LogP contribution in [-0.2, 0) is 4.79 Å². The second-order valence-electron chi connectivity index (χ2n) is 2.94. The normalized spacial score (nSPS) is 21.2. The molecule has 0 aliphatic heterocycles. The maximum absolute atomic E-state index is 11.2. The summed E-state index contributed by atoms with van der Waals surface area (Å²) in [5, 5.41) is 17.1. The van der Waals surface area contributed by atoms with Crippen molar-refractivity contribution in [1.29, 1.82) is 0 Å². The van der Waals surface area contributed by atoms with E-state index in [9.17, 15) is 15.0 Å². The second kappa shape index (κ2) is 3.73. The third-order valence-electron chi connectivity index (χ3n) is 2.05. The van der Waals surface area contributed by atoms with Gasteiger partial charge in [-0.3, -0.25) is 4.79 Å². The first-order valence-corrected chi connectivity index (χ1v) is 4.34. The van der Waals surface area contributed by atoms with Crippen molar-refractivity contribution in [3.05, 3.63) is 0 Å². The quantitative estimate of drug-likeness (QED) is 0.658. The Morgan fingerprint density at radius 2 is 1.83 bits per heavy atom. The summed E-state index contributed by atoms with van der Waals surface area (Å²) < 4.78 is 0. The molecule has 0 unspecified atom stereocenters. The fraction of sp³-hybridized carbons (Fsp3) is 0.875. The van der Waals surface area contributed by atoms with Gasteiger partial charge in [0.25, 0.3) is 0 Å². The molecule has 0 rings (SSSR count). The molecule has 0 saturated heterocycles. The van der Waals surface area contributed by atoms with Crippen molar-refractivity contribution < 1.29 is 15.0 Å². The first-order chi connectivity index (χ1) is 5.29. The predicted molar refractivity (Wildman–Crippen MR) is 47.0 cm³/mol. The molecule has 0 radical (unpaired) electrons. The summed E-state index contributed by atoms with van der Waals surface area (Å²) in [5.74, 6) is -0.440. The zero-order chi connectivity index (χ0) is 9.99. The van der Waals surface area contributed by atoms with Gasteiger partial charge in [-0.15, -0.1) is 0 Å². The summed E-state index contributed by atoms with van der Waals surface area (Å²) in [5.41, 5.74) is -1.83. The van der Waals surface area contributed by atoms with Crippen LogP contribution in [0.5, 0.6) is 0 Å². The van der Waals surface area contributed by atoms with Crippen LogP contribution in [0.25, 0.3) is 0 Å². The zero-order valence-corrected chi connectivity index (χ0v) is 8.35. The van der Waals surface area contributed by atoms with Crippen molar-refractivity contribution in [1.82, 2.24) is 0 Å². The van der Waals surface area contributed by atoms with Crippen LogP contribution in [0.4, 0.5) is 0 Å². The third kappa shape index (κ3) is 1.97. The Hall–Kier alpha value is -0.120. The van der Waals surface area contributed by atoms with E-state index in [2.05, 4.69) is 0 Å². The van der Waals surface area contributed by atoms with Gasteiger partial charge in [-0.05, 0) is 13.3 Å². The van der Waals surface area contributed by atoms with E-state index in [0.717, 1.165) is 0 Å². The van der Waals surface area contributed by atoms with Gasteiger partial charge >= 0.3 is 0 Å². The molecule has 2 atom stereocenters. The van der Waals surface area contributed by atoms with Crippen LogP contribution in [-0.4, -0.2) is 26.7 Å². The van der Waals surface area contributed by atoms with Gasteiger partial charge in [-0.2, -0.15) is 0 Å². The lowest BCUT2D eigenvalue weighted by Gasteiger charge is -2.34. The highest BCUT2D eigenvalue weighted by molar-refractivity contribution is 6.25. The fourth-order valence-electron chi connectivity index (χ4n) is 1.07. The summed E-state index contributed by atoms with van der Waals surface area (Å²) in [7, 11) is 0. The van der Waals surface area contributed by atoms with Crippen LogP contribution in [0.2, 0.25) is 0 Å². The lowest BCUT2D eigenvalue weighted by molar-refractivity contribution is -0.154. The summed E-state index contributed by atoms with van der Waals surface area (Å²) >= 11 is 5.50. The van der Waals surface area contributed by atoms with Crippen molar-refractivity contribution in [3.8, 4) is 0 Å². The Balaban J connectivity index is 4.80. The van der Waals surface area contributed by atoms with Crippen LogP contribution >= 0.6 is 11.6 Å². The first-order valence-electron chi connectivity index (χ1n) is 3.96. The zero-order valence-electron chi connectivity index (χ0n) is 7.59. The fourth-order valence-corrected chi connectivity index (χ4v) is 1.31. The average Bonchev–Trinajstić information content (AvgIpc) is 1.99. The number of halogens is 1. The van der Waals surface area contributed by atoms with Gasteiger partial charge in [0, 0.05) is 6.42 Å². The topological polar surface area (TPSA) is 57.5 Å². The smallest absolute Gasteiger partial charge is 0.171 e. The van der Waals surface area contributed by atoms with Gasteiger partial charge in [0.1, 0.15) is 0 Å². The van der Waals surface area contributed by atoms with E-state index in [0.29, 0.717) is 0 Å². The number of carbonyl (C=O) groups excluding carboxylic acids is 1. The molecular weight excluding hydrogens is 180 g/mol. The summed E-state index contributed by atoms with van der Waals surface area (Å²) in [6.07, 6.45) is 0.267.